The summed E-state index contributed by atoms with van der Waals surface area (Å²) in [5.41, 5.74) is 0.175. The molecule has 0 saturated heterocycles. The molecule has 0 aromatic carbocycles. The maximum Gasteiger partial charge on any atom is 0.360 e. The van der Waals surface area contributed by atoms with Gasteiger partial charge in [0, 0.05) is 13.2 Å². The molecule has 1 rings (SSSR count). The summed E-state index contributed by atoms with van der Waals surface area (Å²) in [5.74, 6) is 0.0270. The second-order valence-corrected chi connectivity index (χ2v) is 2.33. The van der Waals surface area contributed by atoms with Crippen LogP contribution >= 0.6 is 0 Å². The second-order valence-electron chi connectivity index (χ2n) is 2.33. The molecule has 0 bridgehead atoms. The molecular weight excluding hydrogens is 174 g/mol. The Labute approximate surface area is 75.6 Å². The minimum absolute atomic E-state index is 0.175. The molecule has 5 nitrogen and oxygen atoms in total. The Balaban J connectivity index is 2.62. The molecule has 1 heterocycles. The summed E-state index contributed by atoms with van der Waals surface area (Å²) < 4.78 is 14.3. The van der Waals surface area contributed by atoms with Crippen molar-refractivity contribution in [1.82, 2.24) is 5.16 Å². The molecule has 1 aromatic rings. The number of ether oxygens (including phenoxy) is 2. The van der Waals surface area contributed by atoms with Gasteiger partial charge < -0.3 is 14.0 Å². The van der Waals surface area contributed by atoms with Crippen molar-refractivity contribution in [3.63, 3.8) is 0 Å². The zero-order chi connectivity index (χ0) is 9.68. The predicted octanol–water partition coefficient (Wildman–Crippen LogP) is 0.998. The molecule has 0 radical (unpaired) electrons. The smallest absolute Gasteiger partial charge is 0.360 e. The van der Waals surface area contributed by atoms with Crippen LogP contribution in [0.3, 0.4) is 0 Å². The minimum Gasteiger partial charge on any atom is -0.461 e. The lowest BCUT2D eigenvalue weighted by molar-refractivity contribution is 0.0514. The topological polar surface area (TPSA) is 61.6 Å². The van der Waals surface area contributed by atoms with E-state index < -0.39 is 5.97 Å². The average molecular weight is 185 g/mol. The van der Waals surface area contributed by atoms with Gasteiger partial charge >= 0.3 is 5.97 Å². The highest BCUT2D eigenvalue weighted by Gasteiger charge is 2.12. The largest absolute Gasteiger partial charge is 0.461 e. The van der Waals surface area contributed by atoms with Crippen LogP contribution in [0.25, 0.3) is 0 Å². The van der Waals surface area contributed by atoms with Crippen LogP contribution in [-0.4, -0.2) is 24.8 Å². The van der Waals surface area contributed by atoms with Crippen LogP contribution < -0.4 is 0 Å². The van der Waals surface area contributed by atoms with E-state index in [0.29, 0.717) is 19.0 Å². The van der Waals surface area contributed by atoms with E-state index in [-0.39, 0.29) is 5.69 Å². The lowest BCUT2D eigenvalue weighted by Gasteiger charge is -1.94. The van der Waals surface area contributed by atoms with Crippen LogP contribution in [0.2, 0.25) is 0 Å². The zero-order valence-corrected chi connectivity index (χ0v) is 7.57. The fourth-order valence-corrected chi connectivity index (χ4v) is 0.825. The van der Waals surface area contributed by atoms with E-state index in [1.54, 1.807) is 6.92 Å². The molecular formula is C8H11NO4. The van der Waals surface area contributed by atoms with E-state index in [2.05, 4.69) is 5.16 Å². The Kier molecular flexibility index (Phi) is 3.45. The Morgan fingerprint density at radius 3 is 3.08 bits per heavy atom. The highest BCUT2D eigenvalue weighted by atomic mass is 16.5. The molecule has 5 heteroatoms. The van der Waals surface area contributed by atoms with Crippen molar-refractivity contribution >= 4 is 5.97 Å². The third-order valence-corrected chi connectivity index (χ3v) is 1.33. The van der Waals surface area contributed by atoms with E-state index >= 15 is 0 Å². The van der Waals surface area contributed by atoms with Crippen molar-refractivity contribution in [2.75, 3.05) is 13.7 Å². The van der Waals surface area contributed by atoms with Crippen LogP contribution in [0.5, 0.6) is 0 Å². The van der Waals surface area contributed by atoms with Crippen molar-refractivity contribution < 1.29 is 18.8 Å². The molecule has 0 atom stereocenters. The number of carbonyl (C=O) groups is 1. The Hall–Kier alpha value is -1.36. The van der Waals surface area contributed by atoms with Gasteiger partial charge in [-0.2, -0.15) is 0 Å². The van der Waals surface area contributed by atoms with Crippen molar-refractivity contribution in [1.29, 1.82) is 0 Å². The molecule has 1 aromatic heterocycles. The highest BCUT2D eigenvalue weighted by Crippen LogP contribution is 2.05. The van der Waals surface area contributed by atoms with E-state index in [1.807, 2.05) is 0 Å². The normalized spacial score (nSPS) is 10.0. The average Bonchev–Trinajstić information content (AvgIpc) is 2.54. The Bertz CT molecular complexity index is 281. The van der Waals surface area contributed by atoms with E-state index in [0.717, 1.165) is 0 Å². The monoisotopic (exact) mass is 185 g/mol. The molecule has 0 N–H and O–H groups in total. The van der Waals surface area contributed by atoms with Crippen LogP contribution in [0, 0.1) is 0 Å². The standard InChI is InChI=1S/C8H11NO4/c1-3-12-8(10)7-4-6(5-11-2)13-9-7/h4H,3,5H2,1-2H3. The summed E-state index contributed by atoms with van der Waals surface area (Å²) in [5, 5.41) is 3.52. The molecule has 0 aliphatic carbocycles. The van der Waals surface area contributed by atoms with Gasteiger partial charge in [0.15, 0.2) is 11.5 Å². The Morgan fingerprint density at radius 1 is 1.69 bits per heavy atom. The second kappa shape index (κ2) is 4.61. The van der Waals surface area contributed by atoms with Gasteiger partial charge in [-0.3, -0.25) is 0 Å². The van der Waals surface area contributed by atoms with Gasteiger partial charge in [0.1, 0.15) is 6.61 Å². The van der Waals surface area contributed by atoms with Gasteiger partial charge in [-0.1, -0.05) is 5.16 Å². The van der Waals surface area contributed by atoms with E-state index in [9.17, 15) is 4.79 Å². The SMILES string of the molecule is CCOC(=O)c1cc(COC)on1. The van der Waals surface area contributed by atoms with Crippen LogP contribution in [-0.2, 0) is 16.1 Å². The van der Waals surface area contributed by atoms with Crippen LogP contribution in [0.15, 0.2) is 10.6 Å². The zero-order valence-electron chi connectivity index (χ0n) is 7.57. The maximum atomic E-state index is 11.1. The lowest BCUT2D eigenvalue weighted by atomic mass is 10.4. The number of hydrogen-bond donors (Lipinski definition) is 0. The maximum absolute atomic E-state index is 11.1. The fourth-order valence-electron chi connectivity index (χ4n) is 0.825. The van der Waals surface area contributed by atoms with Gasteiger partial charge in [0.05, 0.1) is 6.61 Å². The highest BCUT2D eigenvalue weighted by molar-refractivity contribution is 5.87. The van der Waals surface area contributed by atoms with Gasteiger partial charge in [-0.25, -0.2) is 4.79 Å². The molecule has 0 saturated carbocycles. The summed E-state index contributed by atoms with van der Waals surface area (Å²) in [4.78, 5) is 11.1. The number of hydrogen-bond acceptors (Lipinski definition) is 5. The van der Waals surface area contributed by atoms with Crippen LogP contribution in [0.4, 0.5) is 0 Å². The van der Waals surface area contributed by atoms with Gasteiger partial charge in [-0.05, 0) is 6.92 Å². The van der Waals surface area contributed by atoms with Crippen molar-refractivity contribution in [2.45, 2.75) is 13.5 Å². The summed E-state index contributed by atoms with van der Waals surface area (Å²) in [7, 11) is 1.53. The molecule has 13 heavy (non-hydrogen) atoms. The molecule has 0 amide bonds. The first kappa shape index (κ1) is 9.73. The number of rotatable bonds is 4. The quantitative estimate of drug-likeness (QED) is 0.655. The van der Waals surface area contributed by atoms with Crippen molar-refractivity contribution in [3.05, 3.63) is 17.5 Å². The van der Waals surface area contributed by atoms with E-state index in [4.69, 9.17) is 14.0 Å². The number of esters is 1. The number of methoxy groups -OCH3 is 1. The summed E-state index contributed by atoms with van der Waals surface area (Å²) in [6.45, 7) is 2.35. The number of nitrogens with zero attached hydrogens (tertiary/aromatic N) is 1. The third kappa shape index (κ3) is 2.55. The van der Waals surface area contributed by atoms with Crippen molar-refractivity contribution in [2.24, 2.45) is 0 Å². The number of carbonyl (C=O) groups excluding carboxylic acids is 1. The number of aromatic nitrogens is 1. The first-order valence-electron chi connectivity index (χ1n) is 3.89. The third-order valence-electron chi connectivity index (χ3n) is 1.33. The summed E-state index contributed by atoms with van der Waals surface area (Å²) >= 11 is 0. The minimum atomic E-state index is -0.478. The van der Waals surface area contributed by atoms with Crippen molar-refractivity contribution in [3.8, 4) is 0 Å². The van der Waals surface area contributed by atoms with E-state index in [1.165, 1.54) is 13.2 Å². The van der Waals surface area contributed by atoms with Crippen LogP contribution in [0.1, 0.15) is 23.2 Å². The summed E-state index contributed by atoms with van der Waals surface area (Å²) in [6.07, 6.45) is 0. The molecule has 0 aliphatic heterocycles. The Morgan fingerprint density at radius 2 is 2.46 bits per heavy atom. The molecule has 72 valence electrons. The van der Waals surface area contributed by atoms with Gasteiger partial charge in [0.2, 0.25) is 0 Å². The molecule has 0 aliphatic rings. The fraction of sp³-hybridized carbons (Fsp3) is 0.500. The summed E-state index contributed by atoms with van der Waals surface area (Å²) in [6, 6.07) is 1.50. The molecule has 0 fully saturated rings. The first-order valence-corrected chi connectivity index (χ1v) is 3.89. The molecule has 0 unspecified atom stereocenters. The molecule has 0 spiro atoms. The lowest BCUT2D eigenvalue weighted by Crippen LogP contribution is -2.04. The predicted molar refractivity (Wildman–Crippen MR) is 43.2 cm³/mol. The van der Waals surface area contributed by atoms with Gasteiger partial charge in [-0.15, -0.1) is 0 Å². The van der Waals surface area contributed by atoms with Gasteiger partial charge in [0.25, 0.3) is 0 Å². The first-order chi connectivity index (χ1) is 6.27.